The van der Waals surface area contributed by atoms with Gasteiger partial charge in [0.25, 0.3) is 5.56 Å². The van der Waals surface area contributed by atoms with Crippen LogP contribution < -0.4 is 16.6 Å². The van der Waals surface area contributed by atoms with Crippen molar-refractivity contribution in [2.24, 2.45) is 31.8 Å². The van der Waals surface area contributed by atoms with Gasteiger partial charge in [-0.15, -0.1) is 0 Å². The van der Waals surface area contributed by atoms with Crippen LogP contribution in [0.1, 0.15) is 25.7 Å². The fraction of sp³-hybridized carbons (Fsp3) is 0.529. The maximum atomic E-state index is 12.5. The maximum Gasteiger partial charge on any atom is 0.332 e. The van der Waals surface area contributed by atoms with E-state index in [1.807, 2.05) is 0 Å². The van der Waals surface area contributed by atoms with Crippen molar-refractivity contribution in [3.8, 4) is 0 Å². The molecule has 1 amide bonds. The summed E-state index contributed by atoms with van der Waals surface area (Å²) in [5.41, 5.74) is 0.00225. The Morgan fingerprint density at radius 1 is 1.21 bits per heavy atom. The van der Waals surface area contributed by atoms with E-state index in [0.717, 1.165) is 23.8 Å². The fourth-order valence-electron chi connectivity index (χ4n) is 4.33. The number of pyridine rings is 1. The Labute approximate surface area is 138 Å². The van der Waals surface area contributed by atoms with Crippen LogP contribution >= 0.6 is 0 Å². The van der Waals surface area contributed by atoms with E-state index in [1.165, 1.54) is 24.2 Å². The minimum atomic E-state index is -0.418. The number of carbonyl (C=O) groups is 1. The highest BCUT2D eigenvalue weighted by Gasteiger charge is 2.43. The average Bonchev–Trinajstić information content (AvgIpc) is 3.21. The Balaban J connectivity index is 1.67. The van der Waals surface area contributed by atoms with E-state index in [9.17, 15) is 14.4 Å². The third-order valence-corrected chi connectivity index (χ3v) is 5.64. The molecule has 1 N–H and O–H groups in total. The smallest absolute Gasteiger partial charge is 0.324 e. The number of aromatic nitrogens is 3. The van der Waals surface area contributed by atoms with E-state index >= 15 is 0 Å². The van der Waals surface area contributed by atoms with Gasteiger partial charge in [0.05, 0.1) is 17.3 Å². The summed E-state index contributed by atoms with van der Waals surface area (Å²) in [6.45, 7) is 0. The Morgan fingerprint density at radius 3 is 2.67 bits per heavy atom. The molecule has 7 heteroatoms. The van der Waals surface area contributed by atoms with E-state index < -0.39 is 11.2 Å². The number of fused-ring (bicyclic) bond motifs is 3. The minimum absolute atomic E-state index is 0.0185. The van der Waals surface area contributed by atoms with Crippen molar-refractivity contribution in [1.29, 1.82) is 0 Å². The summed E-state index contributed by atoms with van der Waals surface area (Å²) < 4.78 is 2.38. The zero-order valence-corrected chi connectivity index (χ0v) is 13.8. The fourth-order valence-corrected chi connectivity index (χ4v) is 4.33. The third-order valence-electron chi connectivity index (χ3n) is 5.64. The molecule has 2 aromatic rings. The van der Waals surface area contributed by atoms with Crippen molar-refractivity contribution in [3.63, 3.8) is 0 Å². The first-order valence-corrected chi connectivity index (χ1v) is 8.32. The van der Waals surface area contributed by atoms with Gasteiger partial charge in [0.1, 0.15) is 5.65 Å². The molecule has 126 valence electrons. The summed E-state index contributed by atoms with van der Waals surface area (Å²) in [5, 5.41) is 3.23. The number of nitrogens with one attached hydrogen (secondary N) is 1. The number of carbonyl (C=O) groups excluding carboxylic acids is 1. The van der Waals surface area contributed by atoms with Gasteiger partial charge in [-0.05, 0) is 37.2 Å². The van der Waals surface area contributed by atoms with Crippen molar-refractivity contribution in [2.45, 2.75) is 25.7 Å². The molecule has 0 spiro atoms. The standard InChI is InChI=1S/C17H20N4O3/c1-20-14-13(16(23)21(2)17(20)24)7-11(8-18-14)19-15(22)12-6-9-3-4-10(12)5-9/h7-10,12H,3-6H2,1-2H3,(H,19,22). The van der Waals surface area contributed by atoms with Crippen LogP contribution in [0.15, 0.2) is 21.9 Å². The second kappa shape index (κ2) is 5.29. The van der Waals surface area contributed by atoms with Crippen LogP contribution in [0.2, 0.25) is 0 Å². The highest BCUT2D eigenvalue weighted by Crippen LogP contribution is 2.48. The minimum Gasteiger partial charge on any atom is -0.324 e. The number of hydrogen-bond acceptors (Lipinski definition) is 4. The van der Waals surface area contributed by atoms with Gasteiger partial charge in [0.15, 0.2) is 0 Å². The summed E-state index contributed by atoms with van der Waals surface area (Å²) in [4.78, 5) is 41.0. The van der Waals surface area contributed by atoms with Crippen LogP contribution in [-0.4, -0.2) is 20.0 Å². The Morgan fingerprint density at radius 2 is 2.00 bits per heavy atom. The summed E-state index contributed by atoms with van der Waals surface area (Å²) >= 11 is 0. The molecule has 24 heavy (non-hydrogen) atoms. The molecule has 0 aromatic carbocycles. The van der Waals surface area contributed by atoms with Crippen LogP contribution in [0.4, 0.5) is 5.69 Å². The largest absolute Gasteiger partial charge is 0.332 e. The molecular formula is C17H20N4O3. The molecule has 0 saturated heterocycles. The summed E-state index contributed by atoms with van der Waals surface area (Å²) in [6, 6.07) is 1.61. The van der Waals surface area contributed by atoms with Crippen molar-refractivity contribution < 1.29 is 4.79 Å². The second-order valence-electron chi connectivity index (χ2n) is 7.07. The number of anilines is 1. The zero-order valence-electron chi connectivity index (χ0n) is 13.8. The zero-order chi connectivity index (χ0) is 17.0. The summed E-state index contributed by atoms with van der Waals surface area (Å²) in [7, 11) is 3.01. The Bertz CT molecular complexity index is 959. The molecule has 7 nitrogen and oxygen atoms in total. The van der Waals surface area contributed by atoms with E-state index in [-0.39, 0.29) is 11.8 Å². The molecule has 2 aliphatic carbocycles. The SMILES string of the molecule is Cn1c(=O)c2cc(NC(=O)C3CC4CCC3C4)cnc2n(C)c1=O. The molecule has 2 aromatic heterocycles. The Hall–Kier alpha value is -2.44. The van der Waals surface area contributed by atoms with Gasteiger partial charge in [-0.25, -0.2) is 9.78 Å². The number of aryl methyl sites for hydroxylation is 1. The topological polar surface area (TPSA) is 86.0 Å². The first-order valence-electron chi connectivity index (χ1n) is 8.32. The molecular weight excluding hydrogens is 308 g/mol. The van der Waals surface area contributed by atoms with Crippen molar-refractivity contribution >= 4 is 22.6 Å². The van der Waals surface area contributed by atoms with Crippen LogP contribution in [0.3, 0.4) is 0 Å². The molecule has 2 aliphatic rings. The summed E-state index contributed by atoms with van der Waals surface area (Å²) in [5.74, 6) is 1.28. The number of rotatable bonds is 2. The van der Waals surface area contributed by atoms with Gasteiger partial charge in [-0.2, -0.15) is 0 Å². The number of hydrogen-bond donors (Lipinski definition) is 1. The predicted molar refractivity (Wildman–Crippen MR) is 89.8 cm³/mol. The average molecular weight is 328 g/mol. The van der Waals surface area contributed by atoms with Crippen LogP contribution in [0.5, 0.6) is 0 Å². The third kappa shape index (κ3) is 2.18. The molecule has 2 bridgehead atoms. The van der Waals surface area contributed by atoms with E-state index in [2.05, 4.69) is 10.3 Å². The lowest BCUT2D eigenvalue weighted by Gasteiger charge is -2.20. The summed E-state index contributed by atoms with van der Waals surface area (Å²) in [6.07, 6.45) is 6.02. The molecule has 2 fully saturated rings. The Kier molecular flexibility index (Phi) is 3.33. The molecule has 0 radical (unpaired) electrons. The number of amides is 1. The maximum absolute atomic E-state index is 12.5. The second-order valence-corrected chi connectivity index (χ2v) is 7.07. The van der Waals surface area contributed by atoms with Crippen LogP contribution in [-0.2, 0) is 18.9 Å². The molecule has 3 atom stereocenters. The molecule has 3 unspecified atom stereocenters. The normalized spacial score (nSPS) is 25.3. The van der Waals surface area contributed by atoms with Crippen molar-refractivity contribution in [1.82, 2.24) is 14.1 Å². The highest BCUT2D eigenvalue weighted by molar-refractivity contribution is 5.94. The lowest BCUT2D eigenvalue weighted by Crippen LogP contribution is -2.37. The van der Waals surface area contributed by atoms with Gasteiger partial charge in [0.2, 0.25) is 5.91 Å². The van der Waals surface area contributed by atoms with E-state index in [0.29, 0.717) is 28.6 Å². The van der Waals surface area contributed by atoms with Gasteiger partial charge >= 0.3 is 5.69 Å². The van der Waals surface area contributed by atoms with Crippen LogP contribution in [0.25, 0.3) is 11.0 Å². The lowest BCUT2D eigenvalue weighted by atomic mass is 9.88. The van der Waals surface area contributed by atoms with Crippen molar-refractivity contribution in [2.75, 3.05) is 5.32 Å². The number of nitrogens with zero attached hydrogens (tertiary/aromatic N) is 3. The van der Waals surface area contributed by atoms with Gasteiger partial charge in [-0.3, -0.25) is 18.7 Å². The predicted octanol–water partition coefficient (Wildman–Crippen LogP) is 1.01. The van der Waals surface area contributed by atoms with E-state index in [1.54, 1.807) is 13.1 Å². The molecule has 2 saturated carbocycles. The molecule has 2 heterocycles. The molecule has 0 aliphatic heterocycles. The van der Waals surface area contributed by atoms with Crippen molar-refractivity contribution in [3.05, 3.63) is 33.1 Å². The lowest BCUT2D eigenvalue weighted by molar-refractivity contribution is -0.121. The van der Waals surface area contributed by atoms with Gasteiger partial charge < -0.3 is 5.32 Å². The highest BCUT2D eigenvalue weighted by atomic mass is 16.2. The molecule has 4 rings (SSSR count). The van der Waals surface area contributed by atoms with Gasteiger partial charge in [-0.1, -0.05) is 6.42 Å². The first-order chi connectivity index (χ1) is 11.5. The van der Waals surface area contributed by atoms with Crippen LogP contribution in [0, 0.1) is 17.8 Å². The van der Waals surface area contributed by atoms with E-state index in [4.69, 9.17) is 0 Å². The quantitative estimate of drug-likeness (QED) is 0.891. The monoisotopic (exact) mass is 328 g/mol. The first kappa shape index (κ1) is 15.1. The van der Waals surface area contributed by atoms with Gasteiger partial charge in [0, 0.05) is 20.0 Å².